The molecule has 0 unspecified atom stereocenters. The second-order valence-electron chi connectivity index (χ2n) is 9.09. The number of rotatable bonds is 7. The Morgan fingerprint density at radius 1 is 1.00 bits per heavy atom. The van der Waals surface area contributed by atoms with Crippen LogP contribution in [0.1, 0.15) is 21.5 Å². The highest BCUT2D eigenvalue weighted by molar-refractivity contribution is 9.10. The fourth-order valence-corrected chi connectivity index (χ4v) is 5.15. The van der Waals surface area contributed by atoms with Gasteiger partial charge in [-0.2, -0.15) is 9.78 Å². The smallest absolute Gasteiger partial charge is 0.335 e. The Morgan fingerprint density at radius 2 is 1.80 bits per heavy atom. The van der Waals surface area contributed by atoms with Gasteiger partial charge in [0.15, 0.2) is 5.76 Å². The van der Waals surface area contributed by atoms with Crippen molar-refractivity contribution in [3.63, 3.8) is 0 Å². The van der Waals surface area contributed by atoms with Crippen LogP contribution in [0.5, 0.6) is 5.75 Å². The van der Waals surface area contributed by atoms with Gasteiger partial charge >= 0.3 is 5.97 Å². The third-order valence-electron chi connectivity index (χ3n) is 6.33. The van der Waals surface area contributed by atoms with Gasteiger partial charge < -0.3 is 14.3 Å². The van der Waals surface area contributed by atoms with Gasteiger partial charge in [-0.3, -0.25) is 4.79 Å². The van der Waals surface area contributed by atoms with E-state index >= 15 is 0 Å². The van der Waals surface area contributed by atoms with Crippen molar-refractivity contribution in [3.05, 3.63) is 127 Å². The summed E-state index contributed by atoms with van der Waals surface area (Å²) in [5.41, 5.74) is 2.66. The minimum absolute atomic E-state index is 0.218. The lowest BCUT2D eigenvalue weighted by atomic mass is 10.1. The molecule has 6 aromatic rings. The van der Waals surface area contributed by atoms with Gasteiger partial charge in [-0.05, 0) is 93.8 Å². The Balaban J connectivity index is 1.31. The highest BCUT2D eigenvalue weighted by Crippen LogP contribution is 2.30. The molecule has 6 rings (SSSR count). The van der Waals surface area contributed by atoms with Crippen LogP contribution in [0.25, 0.3) is 33.5 Å². The molecule has 0 bridgehead atoms. The Morgan fingerprint density at radius 3 is 2.59 bits per heavy atom. The van der Waals surface area contributed by atoms with Crippen LogP contribution in [0.15, 0.2) is 114 Å². The number of fused-ring (bicyclic) bond motifs is 2. The zero-order valence-corrected chi connectivity index (χ0v) is 24.3. The molecular formula is C31H19Br2N3O5. The van der Waals surface area contributed by atoms with Crippen LogP contribution in [0.2, 0.25) is 0 Å². The molecule has 0 saturated heterocycles. The molecule has 0 aliphatic carbocycles. The molecule has 0 aliphatic heterocycles. The molecule has 0 fully saturated rings. The Kier molecular flexibility index (Phi) is 7.25. The predicted octanol–water partition coefficient (Wildman–Crippen LogP) is 7.49. The minimum Gasteiger partial charge on any atom is -0.488 e. The minimum atomic E-state index is -0.975. The monoisotopic (exact) mass is 671 g/mol. The molecule has 202 valence electrons. The standard InChI is InChI=1S/C31H19Br2N3O5/c32-22-10-12-26-21(14-22)15-28(41-26)29-35-25-4-2-1-3-23(25)30(37)36(29)34-16-19-7-11-27(24(33)13-19)40-17-18-5-8-20(9-6-18)31(38)39/h1-16H,17H2,(H,38,39). The lowest BCUT2D eigenvalue weighted by molar-refractivity contribution is 0.0697. The summed E-state index contributed by atoms with van der Waals surface area (Å²) >= 11 is 7.02. The number of nitrogens with zero attached hydrogens (tertiary/aromatic N) is 3. The molecule has 10 heteroatoms. The Hall–Kier alpha value is -4.54. The highest BCUT2D eigenvalue weighted by Gasteiger charge is 2.16. The number of hydrogen-bond acceptors (Lipinski definition) is 6. The fourth-order valence-electron chi connectivity index (χ4n) is 4.26. The number of aromatic nitrogens is 2. The van der Waals surface area contributed by atoms with Crippen LogP contribution in [0.4, 0.5) is 0 Å². The number of benzene rings is 4. The summed E-state index contributed by atoms with van der Waals surface area (Å²) in [6.45, 7) is 0.265. The number of hydrogen-bond donors (Lipinski definition) is 1. The normalized spacial score (nSPS) is 11.5. The first-order valence-electron chi connectivity index (χ1n) is 12.4. The molecule has 0 amide bonds. The number of halogens is 2. The summed E-state index contributed by atoms with van der Waals surface area (Å²) in [6, 6.07) is 26.5. The number of furan rings is 1. The number of aromatic carboxylic acids is 1. The van der Waals surface area contributed by atoms with E-state index in [1.54, 1.807) is 42.6 Å². The predicted molar refractivity (Wildman–Crippen MR) is 164 cm³/mol. The van der Waals surface area contributed by atoms with E-state index in [-0.39, 0.29) is 23.6 Å². The molecule has 1 N–H and O–H groups in total. The molecule has 41 heavy (non-hydrogen) atoms. The van der Waals surface area contributed by atoms with E-state index in [0.717, 1.165) is 21.0 Å². The van der Waals surface area contributed by atoms with Crippen molar-refractivity contribution < 1.29 is 19.1 Å². The Labute approximate surface area is 249 Å². The van der Waals surface area contributed by atoms with E-state index in [1.165, 1.54) is 16.8 Å². The maximum absolute atomic E-state index is 13.5. The SMILES string of the molecule is O=C(O)c1ccc(COc2ccc(C=Nn3c(-c4cc5cc(Br)ccc5o4)nc4ccccc4c3=O)cc2Br)cc1. The van der Waals surface area contributed by atoms with Crippen molar-refractivity contribution in [3.8, 4) is 17.3 Å². The third-order valence-corrected chi connectivity index (χ3v) is 7.44. The van der Waals surface area contributed by atoms with Crippen LogP contribution in [-0.2, 0) is 6.61 Å². The van der Waals surface area contributed by atoms with Crippen molar-refractivity contribution in [1.29, 1.82) is 0 Å². The molecule has 4 aromatic carbocycles. The first kappa shape index (κ1) is 26.7. The molecule has 8 nitrogen and oxygen atoms in total. The van der Waals surface area contributed by atoms with Gasteiger partial charge in [0, 0.05) is 9.86 Å². The highest BCUT2D eigenvalue weighted by atomic mass is 79.9. The summed E-state index contributed by atoms with van der Waals surface area (Å²) in [6.07, 6.45) is 1.57. The second-order valence-corrected chi connectivity index (χ2v) is 10.9. The summed E-state index contributed by atoms with van der Waals surface area (Å²) in [5, 5.41) is 14.9. The van der Waals surface area contributed by atoms with Crippen molar-refractivity contribution >= 4 is 65.9 Å². The topological polar surface area (TPSA) is 107 Å². The molecule has 0 spiro atoms. The van der Waals surface area contributed by atoms with Crippen LogP contribution in [-0.4, -0.2) is 27.0 Å². The van der Waals surface area contributed by atoms with E-state index < -0.39 is 5.97 Å². The summed E-state index contributed by atoms with van der Waals surface area (Å²) in [4.78, 5) is 29.3. The summed E-state index contributed by atoms with van der Waals surface area (Å²) in [7, 11) is 0. The summed E-state index contributed by atoms with van der Waals surface area (Å²) in [5.74, 6) is 0.324. The fraction of sp³-hybridized carbons (Fsp3) is 0.0323. The first-order valence-corrected chi connectivity index (χ1v) is 13.9. The van der Waals surface area contributed by atoms with Crippen LogP contribution in [0, 0.1) is 0 Å². The van der Waals surface area contributed by atoms with Crippen molar-refractivity contribution in [1.82, 2.24) is 9.66 Å². The van der Waals surface area contributed by atoms with Crippen molar-refractivity contribution in [2.45, 2.75) is 6.61 Å². The van der Waals surface area contributed by atoms with Crippen LogP contribution in [0.3, 0.4) is 0 Å². The molecule has 2 heterocycles. The van der Waals surface area contributed by atoms with Gasteiger partial charge in [-0.25, -0.2) is 9.78 Å². The van der Waals surface area contributed by atoms with Gasteiger partial charge in [-0.1, -0.05) is 40.2 Å². The number of carboxylic acids is 1. The van der Waals surface area contributed by atoms with Crippen molar-refractivity contribution in [2.24, 2.45) is 5.10 Å². The molecule has 0 saturated carbocycles. The zero-order valence-electron chi connectivity index (χ0n) is 21.1. The number of carbonyl (C=O) groups is 1. The maximum atomic E-state index is 13.5. The lowest BCUT2D eigenvalue weighted by Gasteiger charge is -2.10. The number of carboxylic acid groups (broad SMARTS) is 1. The molecule has 0 atom stereocenters. The van der Waals surface area contributed by atoms with Crippen LogP contribution >= 0.6 is 31.9 Å². The lowest BCUT2D eigenvalue weighted by Crippen LogP contribution is -2.20. The Bertz CT molecular complexity index is 2030. The molecule has 0 aliphatic rings. The van der Waals surface area contributed by atoms with E-state index in [0.29, 0.717) is 32.5 Å². The van der Waals surface area contributed by atoms with E-state index in [4.69, 9.17) is 19.2 Å². The second kappa shape index (κ2) is 11.1. The van der Waals surface area contributed by atoms with Gasteiger partial charge in [0.05, 0.1) is 27.2 Å². The maximum Gasteiger partial charge on any atom is 0.335 e. The average molecular weight is 673 g/mol. The molecule has 0 radical (unpaired) electrons. The number of ether oxygens (including phenoxy) is 1. The van der Waals surface area contributed by atoms with E-state index in [2.05, 4.69) is 37.0 Å². The van der Waals surface area contributed by atoms with E-state index in [9.17, 15) is 9.59 Å². The van der Waals surface area contributed by atoms with Gasteiger partial charge in [0.2, 0.25) is 5.82 Å². The quantitative estimate of drug-likeness (QED) is 0.176. The van der Waals surface area contributed by atoms with Gasteiger partial charge in [0.1, 0.15) is 17.9 Å². The van der Waals surface area contributed by atoms with Gasteiger partial charge in [0.25, 0.3) is 5.56 Å². The zero-order chi connectivity index (χ0) is 28.5. The summed E-state index contributed by atoms with van der Waals surface area (Å²) < 4.78 is 14.8. The molecule has 2 aromatic heterocycles. The molecular weight excluding hydrogens is 654 g/mol. The van der Waals surface area contributed by atoms with Crippen LogP contribution < -0.4 is 10.3 Å². The average Bonchev–Trinajstić information content (AvgIpc) is 3.39. The van der Waals surface area contributed by atoms with Gasteiger partial charge in [-0.15, -0.1) is 0 Å². The third kappa shape index (κ3) is 5.57. The largest absolute Gasteiger partial charge is 0.488 e. The van der Waals surface area contributed by atoms with Crippen molar-refractivity contribution in [2.75, 3.05) is 0 Å². The first-order chi connectivity index (χ1) is 19.9. The van der Waals surface area contributed by atoms with E-state index in [1.807, 2.05) is 42.5 Å². The number of para-hydroxylation sites is 1.